The second-order valence-corrected chi connectivity index (χ2v) is 4.08. The zero-order valence-corrected chi connectivity index (χ0v) is 9.77. The molecule has 0 radical (unpaired) electrons. The third-order valence-corrected chi connectivity index (χ3v) is 2.74. The number of anilines is 1. The third kappa shape index (κ3) is 2.46. The van der Waals surface area contributed by atoms with Crippen molar-refractivity contribution in [3.63, 3.8) is 0 Å². The molecule has 92 valence electrons. The average Bonchev–Trinajstić information content (AvgIpc) is 2.85. The van der Waals surface area contributed by atoms with E-state index in [4.69, 9.17) is 5.11 Å². The SMILES string of the molecule is O=C(O)c1ccc(NC(=O)c2cscn2)c(O)c1. The second kappa shape index (κ2) is 4.84. The largest absolute Gasteiger partial charge is 0.506 e. The van der Waals surface area contributed by atoms with E-state index in [0.29, 0.717) is 0 Å². The van der Waals surface area contributed by atoms with Crippen LogP contribution in [0.3, 0.4) is 0 Å². The van der Waals surface area contributed by atoms with Crippen LogP contribution < -0.4 is 5.32 Å². The number of carbonyl (C=O) groups is 2. The van der Waals surface area contributed by atoms with E-state index < -0.39 is 11.9 Å². The van der Waals surface area contributed by atoms with Crippen LogP contribution in [0.2, 0.25) is 0 Å². The number of hydrogen-bond acceptors (Lipinski definition) is 5. The van der Waals surface area contributed by atoms with E-state index in [0.717, 1.165) is 6.07 Å². The van der Waals surface area contributed by atoms with Crippen LogP contribution in [0.4, 0.5) is 5.69 Å². The fraction of sp³-hybridized carbons (Fsp3) is 0. The van der Waals surface area contributed by atoms with Gasteiger partial charge in [0.2, 0.25) is 0 Å². The minimum Gasteiger partial charge on any atom is -0.506 e. The Morgan fingerprint density at radius 3 is 2.67 bits per heavy atom. The van der Waals surface area contributed by atoms with Crippen LogP contribution in [-0.4, -0.2) is 27.1 Å². The van der Waals surface area contributed by atoms with Gasteiger partial charge in [-0.25, -0.2) is 9.78 Å². The molecule has 1 aromatic carbocycles. The van der Waals surface area contributed by atoms with Gasteiger partial charge >= 0.3 is 5.97 Å². The Bertz CT molecular complexity index is 595. The highest BCUT2D eigenvalue weighted by Crippen LogP contribution is 2.24. The van der Waals surface area contributed by atoms with Gasteiger partial charge in [0.25, 0.3) is 5.91 Å². The Kier molecular flexibility index (Phi) is 3.24. The molecule has 6 nitrogen and oxygen atoms in total. The van der Waals surface area contributed by atoms with E-state index >= 15 is 0 Å². The smallest absolute Gasteiger partial charge is 0.335 e. The number of phenolic OH excluding ortho intramolecular Hbond substituents is 1. The number of rotatable bonds is 3. The van der Waals surface area contributed by atoms with E-state index in [1.54, 1.807) is 5.38 Å². The van der Waals surface area contributed by atoms with Crippen molar-refractivity contribution in [1.82, 2.24) is 4.98 Å². The van der Waals surface area contributed by atoms with E-state index in [1.165, 1.54) is 29.0 Å². The zero-order valence-electron chi connectivity index (χ0n) is 8.95. The van der Waals surface area contributed by atoms with Crippen molar-refractivity contribution in [2.24, 2.45) is 0 Å². The lowest BCUT2D eigenvalue weighted by Gasteiger charge is -2.06. The number of carboxylic acids is 1. The lowest BCUT2D eigenvalue weighted by molar-refractivity contribution is 0.0696. The molecule has 0 spiro atoms. The number of aromatic nitrogens is 1. The molecule has 0 saturated carbocycles. The normalized spacial score (nSPS) is 10.0. The maximum absolute atomic E-state index is 11.7. The zero-order chi connectivity index (χ0) is 13.1. The van der Waals surface area contributed by atoms with Crippen molar-refractivity contribution >= 4 is 28.9 Å². The summed E-state index contributed by atoms with van der Waals surface area (Å²) in [4.78, 5) is 26.1. The third-order valence-electron chi connectivity index (χ3n) is 2.16. The van der Waals surface area contributed by atoms with Gasteiger partial charge in [0, 0.05) is 5.38 Å². The van der Waals surface area contributed by atoms with Crippen LogP contribution in [0.1, 0.15) is 20.8 Å². The van der Waals surface area contributed by atoms with Crippen LogP contribution in [0, 0.1) is 0 Å². The molecule has 2 aromatic rings. The van der Waals surface area contributed by atoms with Crippen molar-refractivity contribution in [2.45, 2.75) is 0 Å². The molecular weight excluding hydrogens is 256 g/mol. The molecule has 0 unspecified atom stereocenters. The van der Waals surface area contributed by atoms with Gasteiger partial charge in [0.1, 0.15) is 11.4 Å². The van der Waals surface area contributed by atoms with Gasteiger partial charge < -0.3 is 15.5 Å². The molecule has 0 saturated heterocycles. The number of nitrogens with zero attached hydrogens (tertiary/aromatic N) is 1. The molecule has 1 aromatic heterocycles. The standard InChI is InChI=1S/C11H8N2O4S/c14-9-3-6(11(16)17)1-2-7(9)13-10(15)8-4-18-5-12-8/h1-5,14H,(H,13,15)(H,16,17). The first kappa shape index (κ1) is 12.1. The average molecular weight is 264 g/mol. The fourth-order valence-electron chi connectivity index (χ4n) is 1.28. The predicted octanol–water partition coefficient (Wildman–Crippen LogP) is 1.80. The minimum absolute atomic E-state index is 0.0563. The van der Waals surface area contributed by atoms with Crippen molar-refractivity contribution in [1.29, 1.82) is 0 Å². The number of phenols is 1. The summed E-state index contributed by atoms with van der Waals surface area (Å²) in [7, 11) is 0. The summed E-state index contributed by atoms with van der Waals surface area (Å²) in [6, 6.07) is 3.68. The van der Waals surface area contributed by atoms with Crippen LogP contribution in [0.25, 0.3) is 0 Å². The minimum atomic E-state index is -1.15. The number of benzene rings is 1. The Balaban J connectivity index is 2.20. The number of hydrogen-bond donors (Lipinski definition) is 3. The molecule has 0 aliphatic rings. The summed E-state index contributed by atoms with van der Waals surface area (Å²) in [5.74, 6) is -1.92. The lowest BCUT2D eigenvalue weighted by Crippen LogP contribution is -2.12. The number of nitrogens with one attached hydrogen (secondary N) is 1. The summed E-state index contributed by atoms with van der Waals surface area (Å²) in [6.07, 6.45) is 0. The Morgan fingerprint density at radius 1 is 1.33 bits per heavy atom. The molecule has 0 aliphatic heterocycles. The van der Waals surface area contributed by atoms with Gasteiger partial charge in [-0.15, -0.1) is 11.3 Å². The summed E-state index contributed by atoms with van der Waals surface area (Å²) in [5.41, 5.74) is 1.83. The number of thiazole rings is 1. The summed E-state index contributed by atoms with van der Waals surface area (Å²) < 4.78 is 0. The van der Waals surface area contributed by atoms with E-state index in [9.17, 15) is 14.7 Å². The molecule has 1 heterocycles. The Labute approximate surface area is 106 Å². The quantitative estimate of drug-likeness (QED) is 0.734. The number of amides is 1. The molecule has 0 atom stereocenters. The van der Waals surface area contributed by atoms with E-state index in [2.05, 4.69) is 10.3 Å². The Morgan fingerprint density at radius 2 is 2.11 bits per heavy atom. The maximum atomic E-state index is 11.7. The van der Waals surface area contributed by atoms with Crippen LogP contribution in [0.5, 0.6) is 5.75 Å². The van der Waals surface area contributed by atoms with Crippen molar-refractivity contribution < 1.29 is 19.8 Å². The van der Waals surface area contributed by atoms with E-state index in [-0.39, 0.29) is 22.7 Å². The summed E-state index contributed by atoms with van der Waals surface area (Å²) in [6.45, 7) is 0. The highest BCUT2D eigenvalue weighted by Gasteiger charge is 2.12. The molecule has 0 aliphatic carbocycles. The molecule has 1 amide bonds. The van der Waals surface area contributed by atoms with Gasteiger partial charge in [-0.3, -0.25) is 4.79 Å². The van der Waals surface area contributed by atoms with Gasteiger partial charge in [0.05, 0.1) is 16.8 Å². The van der Waals surface area contributed by atoms with Gasteiger partial charge in [-0.2, -0.15) is 0 Å². The molecule has 7 heteroatoms. The highest BCUT2D eigenvalue weighted by molar-refractivity contribution is 7.07. The van der Waals surface area contributed by atoms with Crippen LogP contribution in [0.15, 0.2) is 29.1 Å². The molecule has 18 heavy (non-hydrogen) atoms. The number of aromatic hydroxyl groups is 1. The molecular formula is C11H8N2O4S. The topological polar surface area (TPSA) is 99.5 Å². The maximum Gasteiger partial charge on any atom is 0.335 e. The highest BCUT2D eigenvalue weighted by atomic mass is 32.1. The molecule has 0 fully saturated rings. The number of aromatic carboxylic acids is 1. The monoisotopic (exact) mass is 264 g/mol. The number of carboxylic acid groups (broad SMARTS) is 1. The molecule has 2 rings (SSSR count). The van der Waals surface area contributed by atoms with Crippen LogP contribution in [-0.2, 0) is 0 Å². The molecule has 3 N–H and O–H groups in total. The summed E-state index contributed by atoms with van der Waals surface area (Å²) >= 11 is 1.28. The predicted molar refractivity (Wildman–Crippen MR) is 65.1 cm³/mol. The van der Waals surface area contributed by atoms with Crippen molar-refractivity contribution in [3.8, 4) is 5.75 Å². The van der Waals surface area contributed by atoms with Gasteiger partial charge in [0.15, 0.2) is 0 Å². The first-order valence-corrected chi connectivity index (χ1v) is 5.78. The number of carbonyl (C=O) groups excluding carboxylic acids is 1. The lowest BCUT2D eigenvalue weighted by atomic mass is 10.2. The van der Waals surface area contributed by atoms with Gasteiger partial charge in [-0.1, -0.05) is 0 Å². The second-order valence-electron chi connectivity index (χ2n) is 3.36. The van der Waals surface area contributed by atoms with Gasteiger partial charge in [-0.05, 0) is 18.2 Å². The van der Waals surface area contributed by atoms with Crippen molar-refractivity contribution in [3.05, 3.63) is 40.3 Å². The van der Waals surface area contributed by atoms with Crippen molar-refractivity contribution in [2.75, 3.05) is 5.32 Å². The fourth-order valence-corrected chi connectivity index (χ4v) is 1.81. The first-order valence-electron chi connectivity index (χ1n) is 4.84. The summed E-state index contributed by atoms with van der Waals surface area (Å²) in [5, 5.41) is 22.3. The van der Waals surface area contributed by atoms with Crippen LogP contribution >= 0.6 is 11.3 Å². The first-order chi connectivity index (χ1) is 8.58. The Hall–Kier alpha value is -2.41. The molecule has 0 bridgehead atoms. The van der Waals surface area contributed by atoms with E-state index in [1.807, 2.05) is 0 Å².